The number of nitrogens with zero attached hydrogens (tertiary/aromatic N) is 1. The normalized spacial score (nSPS) is 13.9. The number of fused-ring (bicyclic) bond motifs is 1. The van der Waals surface area contributed by atoms with Gasteiger partial charge in [0.2, 0.25) is 0 Å². The van der Waals surface area contributed by atoms with Gasteiger partial charge in [-0.3, -0.25) is 9.59 Å². The van der Waals surface area contributed by atoms with Crippen LogP contribution in [0.2, 0.25) is 5.02 Å². The quantitative estimate of drug-likeness (QED) is 0.737. The zero-order chi connectivity index (χ0) is 16.7. The summed E-state index contributed by atoms with van der Waals surface area (Å²) in [6, 6.07) is 5.93. The highest BCUT2D eigenvalue weighted by Gasteiger charge is 2.30. The van der Waals surface area contributed by atoms with Gasteiger partial charge in [0.05, 0.1) is 11.3 Å². The van der Waals surface area contributed by atoms with Gasteiger partial charge in [-0.25, -0.2) is 13.2 Å². The standard InChI is InChI=1S/C16H9ClF3NO2/c17-8-1-4-12-10(7-8)13(22)5-6-21(12)16(23)9-2-3-11(18)15(20)14(9)19/h1-4,7H,5-6H2. The average Bonchev–Trinajstić information content (AvgIpc) is 2.53. The molecule has 0 atom stereocenters. The highest BCUT2D eigenvalue weighted by molar-refractivity contribution is 6.31. The Morgan fingerprint density at radius 2 is 1.83 bits per heavy atom. The molecule has 7 heteroatoms. The summed E-state index contributed by atoms with van der Waals surface area (Å²) in [6.45, 7) is 0.0186. The molecular weight excluding hydrogens is 331 g/mol. The number of carbonyl (C=O) groups excluding carboxylic acids is 2. The second kappa shape index (κ2) is 5.70. The van der Waals surface area contributed by atoms with Crippen LogP contribution in [0.3, 0.4) is 0 Å². The molecule has 0 aliphatic carbocycles. The van der Waals surface area contributed by atoms with E-state index in [4.69, 9.17) is 11.6 Å². The minimum absolute atomic E-state index is 0.0186. The lowest BCUT2D eigenvalue weighted by atomic mass is 9.99. The first kappa shape index (κ1) is 15.6. The summed E-state index contributed by atoms with van der Waals surface area (Å²) in [7, 11) is 0. The molecule has 0 fully saturated rings. The molecule has 0 aromatic heterocycles. The SMILES string of the molecule is O=C1CCN(C(=O)c2ccc(F)c(F)c2F)c2ccc(Cl)cc21. The van der Waals surface area contributed by atoms with Gasteiger partial charge in [-0.05, 0) is 30.3 Å². The number of hydrogen-bond acceptors (Lipinski definition) is 2. The van der Waals surface area contributed by atoms with Crippen LogP contribution in [0.1, 0.15) is 27.1 Å². The lowest BCUT2D eigenvalue weighted by Gasteiger charge is -2.29. The van der Waals surface area contributed by atoms with Crippen molar-refractivity contribution in [1.82, 2.24) is 0 Å². The van der Waals surface area contributed by atoms with Gasteiger partial charge < -0.3 is 4.90 Å². The molecule has 118 valence electrons. The van der Waals surface area contributed by atoms with Crippen LogP contribution < -0.4 is 4.90 Å². The smallest absolute Gasteiger partial charge is 0.261 e. The van der Waals surface area contributed by atoms with Gasteiger partial charge in [-0.2, -0.15) is 0 Å². The number of carbonyl (C=O) groups is 2. The van der Waals surface area contributed by atoms with Crippen LogP contribution in [-0.2, 0) is 0 Å². The van der Waals surface area contributed by atoms with Gasteiger partial charge in [0.1, 0.15) is 0 Å². The Labute approximate surface area is 134 Å². The molecule has 3 rings (SSSR count). The summed E-state index contributed by atoms with van der Waals surface area (Å²) in [6.07, 6.45) is 0.0321. The van der Waals surface area contributed by atoms with Crippen LogP contribution in [0.25, 0.3) is 0 Å². The van der Waals surface area contributed by atoms with Crippen molar-refractivity contribution >= 4 is 29.0 Å². The molecule has 2 aromatic rings. The van der Waals surface area contributed by atoms with E-state index >= 15 is 0 Å². The fraction of sp³-hybridized carbons (Fsp3) is 0.125. The average molecular weight is 340 g/mol. The number of amides is 1. The summed E-state index contributed by atoms with van der Waals surface area (Å²) in [5.74, 6) is -5.68. The van der Waals surface area contributed by atoms with Crippen LogP contribution in [0.4, 0.5) is 18.9 Å². The zero-order valence-corrected chi connectivity index (χ0v) is 12.3. The Morgan fingerprint density at radius 3 is 2.57 bits per heavy atom. The van der Waals surface area contributed by atoms with Crippen molar-refractivity contribution in [3.8, 4) is 0 Å². The molecule has 1 aliphatic heterocycles. The van der Waals surface area contributed by atoms with Gasteiger partial charge >= 0.3 is 0 Å². The number of benzene rings is 2. The Morgan fingerprint density at radius 1 is 1.09 bits per heavy atom. The van der Waals surface area contributed by atoms with E-state index < -0.39 is 28.9 Å². The topological polar surface area (TPSA) is 37.4 Å². The summed E-state index contributed by atoms with van der Waals surface area (Å²) in [5, 5.41) is 0.324. The van der Waals surface area contributed by atoms with Crippen LogP contribution in [-0.4, -0.2) is 18.2 Å². The van der Waals surface area contributed by atoms with Crippen molar-refractivity contribution in [3.05, 3.63) is 63.9 Å². The fourth-order valence-corrected chi connectivity index (χ4v) is 2.65. The van der Waals surface area contributed by atoms with Crippen molar-refractivity contribution in [2.24, 2.45) is 0 Å². The predicted octanol–water partition coefficient (Wildman–Crippen LogP) is 3.99. The first-order valence-electron chi connectivity index (χ1n) is 6.68. The number of Topliss-reactive ketones (excluding diaryl/α,β-unsaturated/α-hetero) is 1. The zero-order valence-electron chi connectivity index (χ0n) is 11.6. The minimum atomic E-state index is -1.71. The maximum atomic E-state index is 13.8. The minimum Gasteiger partial charge on any atom is -0.307 e. The van der Waals surface area contributed by atoms with E-state index in [9.17, 15) is 22.8 Å². The van der Waals surface area contributed by atoms with Crippen LogP contribution >= 0.6 is 11.6 Å². The van der Waals surface area contributed by atoms with E-state index in [-0.39, 0.29) is 30.0 Å². The van der Waals surface area contributed by atoms with Crippen molar-refractivity contribution in [1.29, 1.82) is 0 Å². The van der Waals surface area contributed by atoms with Crippen molar-refractivity contribution in [2.45, 2.75) is 6.42 Å². The first-order chi connectivity index (χ1) is 10.9. The molecule has 1 amide bonds. The second-order valence-electron chi connectivity index (χ2n) is 5.01. The van der Waals surface area contributed by atoms with Crippen molar-refractivity contribution in [2.75, 3.05) is 11.4 Å². The Kier molecular flexibility index (Phi) is 3.85. The van der Waals surface area contributed by atoms with Crippen LogP contribution in [0, 0.1) is 17.5 Å². The van der Waals surface area contributed by atoms with Crippen molar-refractivity contribution < 1.29 is 22.8 Å². The van der Waals surface area contributed by atoms with E-state index in [1.54, 1.807) is 0 Å². The number of anilines is 1. The summed E-state index contributed by atoms with van der Waals surface area (Å²) in [5.41, 5.74) is -0.0981. The van der Waals surface area contributed by atoms with Gasteiger partial charge in [0.15, 0.2) is 23.2 Å². The molecule has 2 aromatic carbocycles. The summed E-state index contributed by atoms with van der Waals surface area (Å²) >= 11 is 5.84. The molecule has 0 saturated heterocycles. The van der Waals surface area contributed by atoms with E-state index in [0.717, 1.165) is 11.0 Å². The third kappa shape index (κ3) is 2.59. The molecule has 0 N–H and O–H groups in total. The van der Waals surface area contributed by atoms with E-state index in [1.807, 2.05) is 0 Å². The van der Waals surface area contributed by atoms with Gasteiger partial charge in [-0.15, -0.1) is 0 Å². The van der Waals surface area contributed by atoms with E-state index in [2.05, 4.69) is 0 Å². The number of ketones is 1. The third-order valence-electron chi connectivity index (χ3n) is 3.62. The Bertz CT molecular complexity index is 838. The monoisotopic (exact) mass is 339 g/mol. The van der Waals surface area contributed by atoms with E-state index in [1.165, 1.54) is 18.2 Å². The first-order valence-corrected chi connectivity index (χ1v) is 7.06. The fourth-order valence-electron chi connectivity index (χ4n) is 2.48. The molecule has 1 aliphatic rings. The molecule has 0 radical (unpaired) electrons. The predicted molar refractivity (Wildman–Crippen MR) is 78.4 cm³/mol. The third-order valence-corrected chi connectivity index (χ3v) is 3.86. The Balaban J connectivity index is 2.07. The van der Waals surface area contributed by atoms with Gasteiger partial charge in [-0.1, -0.05) is 11.6 Å². The lowest BCUT2D eigenvalue weighted by molar-refractivity contribution is 0.0952. The Hall–Kier alpha value is -2.34. The van der Waals surface area contributed by atoms with Gasteiger partial charge in [0, 0.05) is 23.6 Å². The molecule has 0 unspecified atom stereocenters. The number of rotatable bonds is 1. The largest absolute Gasteiger partial charge is 0.307 e. The molecule has 3 nitrogen and oxygen atoms in total. The van der Waals surface area contributed by atoms with Gasteiger partial charge in [0.25, 0.3) is 5.91 Å². The molecule has 23 heavy (non-hydrogen) atoms. The molecular formula is C16H9ClF3NO2. The highest BCUT2D eigenvalue weighted by atomic mass is 35.5. The molecule has 0 spiro atoms. The maximum Gasteiger partial charge on any atom is 0.261 e. The lowest BCUT2D eigenvalue weighted by Crippen LogP contribution is -2.38. The maximum absolute atomic E-state index is 13.8. The number of halogens is 4. The highest BCUT2D eigenvalue weighted by Crippen LogP contribution is 2.31. The van der Waals surface area contributed by atoms with E-state index in [0.29, 0.717) is 11.1 Å². The van der Waals surface area contributed by atoms with Crippen molar-refractivity contribution in [3.63, 3.8) is 0 Å². The van der Waals surface area contributed by atoms with Crippen LogP contribution in [0.15, 0.2) is 30.3 Å². The summed E-state index contributed by atoms with van der Waals surface area (Å²) in [4.78, 5) is 25.6. The summed E-state index contributed by atoms with van der Waals surface area (Å²) < 4.78 is 40.2. The van der Waals surface area contributed by atoms with Crippen LogP contribution in [0.5, 0.6) is 0 Å². The number of hydrogen-bond donors (Lipinski definition) is 0. The molecule has 1 heterocycles. The molecule has 0 bridgehead atoms. The molecule has 0 saturated carbocycles. The second-order valence-corrected chi connectivity index (χ2v) is 5.45.